The molecular weight excluding hydrogens is 272 g/mol. The maximum atomic E-state index is 11.0. The summed E-state index contributed by atoms with van der Waals surface area (Å²) in [4.78, 5) is 11.4. The van der Waals surface area contributed by atoms with Gasteiger partial charge in [-0.1, -0.05) is 11.8 Å². The summed E-state index contributed by atoms with van der Waals surface area (Å²) in [5.74, 6) is -0.291. The summed E-state index contributed by atoms with van der Waals surface area (Å²) < 4.78 is 1.83. The summed E-state index contributed by atoms with van der Waals surface area (Å²) in [5, 5.41) is 23.2. The van der Waals surface area contributed by atoms with Crippen LogP contribution in [0.2, 0.25) is 0 Å². The Kier molecular flexibility index (Phi) is 3.04. The number of tetrazole rings is 1. The largest absolute Gasteiger partial charge is 0.477 e. The highest BCUT2D eigenvalue weighted by Gasteiger charge is 2.28. The molecule has 18 heavy (non-hydrogen) atoms. The van der Waals surface area contributed by atoms with E-state index in [0.717, 1.165) is 23.6 Å². The van der Waals surface area contributed by atoms with Crippen molar-refractivity contribution in [3.05, 3.63) is 21.9 Å². The zero-order valence-electron chi connectivity index (χ0n) is 9.31. The number of rotatable bonds is 5. The van der Waals surface area contributed by atoms with Crippen LogP contribution in [0.25, 0.3) is 0 Å². The molecule has 8 heteroatoms. The number of carboxylic acids is 1. The molecule has 1 aliphatic carbocycles. The zero-order valence-corrected chi connectivity index (χ0v) is 10.9. The number of aromatic carboxylic acids is 1. The predicted molar refractivity (Wildman–Crippen MR) is 66.9 cm³/mol. The molecule has 0 saturated heterocycles. The second-order valence-corrected chi connectivity index (χ2v) is 5.86. The molecule has 0 spiro atoms. The molecule has 1 aliphatic rings. The standard InChI is InChI=1S/C10H10N4O2S2/c15-9(16)8-6(3-4-17-8)5-18-10-11-12-13-14(10)7-1-2-7/h3-4,7H,1-2,5H2,(H,15,16). The minimum Gasteiger partial charge on any atom is -0.477 e. The first-order chi connectivity index (χ1) is 8.75. The normalized spacial score (nSPS) is 14.9. The summed E-state index contributed by atoms with van der Waals surface area (Å²) in [5.41, 5.74) is 0.822. The van der Waals surface area contributed by atoms with Gasteiger partial charge in [-0.2, -0.15) is 0 Å². The summed E-state index contributed by atoms with van der Waals surface area (Å²) >= 11 is 2.73. The van der Waals surface area contributed by atoms with Gasteiger partial charge in [-0.3, -0.25) is 0 Å². The van der Waals surface area contributed by atoms with Gasteiger partial charge in [0.25, 0.3) is 0 Å². The SMILES string of the molecule is O=C(O)c1sccc1CSc1nnnn1C1CC1. The fraction of sp³-hybridized carbons (Fsp3) is 0.400. The lowest BCUT2D eigenvalue weighted by molar-refractivity contribution is 0.0701. The van der Waals surface area contributed by atoms with Crippen molar-refractivity contribution in [2.75, 3.05) is 0 Å². The smallest absolute Gasteiger partial charge is 0.346 e. The van der Waals surface area contributed by atoms with Crippen LogP contribution in [0.1, 0.15) is 34.1 Å². The van der Waals surface area contributed by atoms with Gasteiger partial charge >= 0.3 is 5.97 Å². The van der Waals surface area contributed by atoms with Crippen molar-refractivity contribution in [1.29, 1.82) is 0 Å². The van der Waals surface area contributed by atoms with Crippen LogP contribution in [-0.2, 0) is 5.75 Å². The number of aromatic nitrogens is 4. The monoisotopic (exact) mass is 282 g/mol. The zero-order chi connectivity index (χ0) is 12.5. The van der Waals surface area contributed by atoms with E-state index in [0.29, 0.717) is 16.7 Å². The molecule has 2 heterocycles. The minimum atomic E-state index is -0.873. The molecule has 3 rings (SSSR count). The van der Waals surface area contributed by atoms with E-state index in [4.69, 9.17) is 5.11 Å². The van der Waals surface area contributed by atoms with Crippen LogP contribution >= 0.6 is 23.1 Å². The topological polar surface area (TPSA) is 80.9 Å². The van der Waals surface area contributed by atoms with Gasteiger partial charge in [-0.05, 0) is 40.3 Å². The Hall–Kier alpha value is -1.41. The number of nitrogens with zero attached hydrogens (tertiary/aromatic N) is 4. The van der Waals surface area contributed by atoms with E-state index in [-0.39, 0.29) is 0 Å². The van der Waals surface area contributed by atoms with E-state index >= 15 is 0 Å². The lowest BCUT2D eigenvalue weighted by Gasteiger charge is -2.01. The summed E-state index contributed by atoms with van der Waals surface area (Å²) in [6.07, 6.45) is 2.24. The molecule has 0 radical (unpaired) electrons. The molecular formula is C10H10N4O2S2. The van der Waals surface area contributed by atoms with Gasteiger partial charge in [0.15, 0.2) is 0 Å². The number of thiophene rings is 1. The minimum absolute atomic E-state index is 0.396. The van der Waals surface area contributed by atoms with Gasteiger partial charge in [0.1, 0.15) is 4.88 Å². The van der Waals surface area contributed by atoms with Crippen LogP contribution in [0.15, 0.2) is 16.6 Å². The first kappa shape index (κ1) is 11.7. The second kappa shape index (κ2) is 4.69. The van der Waals surface area contributed by atoms with Crippen molar-refractivity contribution >= 4 is 29.1 Å². The number of carboxylic acid groups (broad SMARTS) is 1. The number of hydrogen-bond donors (Lipinski definition) is 1. The number of thioether (sulfide) groups is 1. The first-order valence-electron chi connectivity index (χ1n) is 5.46. The Morgan fingerprint density at radius 1 is 1.61 bits per heavy atom. The quantitative estimate of drug-likeness (QED) is 0.845. The van der Waals surface area contributed by atoms with Gasteiger partial charge in [0.2, 0.25) is 5.16 Å². The number of carbonyl (C=O) groups is 1. The van der Waals surface area contributed by atoms with E-state index < -0.39 is 5.97 Å². The third-order valence-electron chi connectivity index (χ3n) is 2.65. The third kappa shape index (κ3) is 2.25. The molecule has 94 valence electrons. The molecule has 0 unspecified atom stereocenters. The van der Waals surface area contributed by atoms with Gasteiger partial charge in [-0.15, -0.1) is 16.4 Å². The van der Waals surface area contributed by atoms with Crippen molar-refractivity contribution in [2.24, 2.45) is 0 Å². The molecule has 0 aliphatic heterocycles. The van der Waals surface area contributed by atoms with Gasteiger partial charge in [0.05, 0.1) is 6.04 Å². The van der Waals surface area contributed by atoms with Crippen LogP contribution in [-0.4, -0.2) is 31.3 Å². The first-order valence-corrected chi connectivity index (χ1v) is 7.32. The third-order valence-corrected chi connectivity index (χ3v) is 4.58. The maximum Gasteiger partial charge on any atom is 0.346 e. The van der Waals surface area contributed by atoms with Crippen molar-refractivity contribution in [3.63, 3.8) is 0 Å². The molecule has 1 N–H and O–H groups in total. The Morgan fingerprint density at radius 3 is 3.17 bits per heavy atom. The van der Waals surface area contributed by atoms with Crippen LogP contribution in [0.3, 0.4) is 0 Å². The summed E-state index contributed by atoms with van der Waals surface area (Å²) in [6.45, 7) is 0. The van der Waals surface area contributed by atoms with Crippen LogP contribution < -0.4 is 0 Å². The number of hydrogen-bond acceptors (Lipinski definition) is 6. The van der Waals surface area contributed by atoms with Gasteiger partial charge < -0.3 is 5.11 Å². The van der Waals surface area contributed by atoms with Crippen molar-refractivity contribution in [1.82, 2.24) is 20.2 Å². The molecule has 6 nitrogen and oxygen atoms in total. The molecule has 1 fully saturated rings. The lowest BCUT2D eigenvalue weighted by atomic mass is 10.3. The van der Waals surface area contributed by atoms with Crippen molar-refractivity contribution in [2.45, 2.75) is 29.8 Å². The summed E-state index contributed by atoms with van der Waals surface area (Å²) in [7, 11) is 0. The molecule has 0 atom stereocenters. The molecule has 0 amide bonds. The highest BCUT2D eigenvalue weighted by molar-refractivity contribution is 7.98. The van der Waals surface area contributed by atoms with E-state index in [2.05, 4.69) is 15.5 Å². The molecule has 0 aromatic carbocycles. The lowest BCUT2D eigenvalue weighted by Crippen LogP contribution is -2.00. The van der Waals surface area contributed by atoms with Crippen molar-refractivity contribution in [3.8, 4) is 0 Å². The van der Waals surface area contributed by atoms with Crippen LogP contribution in [0.5, 0.6) is 0 Å². The van der Waals surface area contributed by atoms with Gasteiger partial charge in [0, 0.05) is 5.75 Å². The average molecular weight is 282 g/mol. The highest BCUT2D eigenvalue weighted by Crippen LogP contribution is 2.37. The van der Waals surface area contributed by atoms with Crippen LogP contribution in [0, 0.1) is 0 Å². The van der Waals surface area contributed by atoms with E-state index in [1.54, 1.807) is 5.38 Å². The Labute approximate surface area is 111 Å². The van der Waals surface area contributed by atoms with E-state index in [1.165, 1.54) is 23.1 Å². The molecule has 1 saturated carbocycles. The van der Waals surface area contributed by atoms with Crippen molar-refractivity contribution < 1.29 is 9.90 Å². The fourth-order valence-electron chi connectivity index (χ4n) is 1.61. The molecule has 2 aromatic heterocycles. The van der Waals surface area contributed by atoms with E-state index in [1.807, 2.05) is 10.7 Å². The summed E-state index contributed by atoms with van der Waals surface area (Å²) in [6, 6.07) is 2.27. The Bertz CT molecular complexity index is 576. The average Bonchev–Trinajstić information content (AvgIpc) is 2.92. The van der Waals surface area contributed by atoms with Gasteiger partial charge in [-0.25, -0.2) is 9.48 Å². The predicted octanol–water partition coefficient (Wildman–Crippen LogP) is 2.06. The Morgan fingerprint density at radius 2 is 2.44 bits per heavy atom. The second-order valence-electron chi connectivity index (χ2n) is 4.01. The Balaban J connectivity index is 1.72. The van der Waals surface area contributed by atoms with E-state index in [9.17, 15) is 4.79 Å². The highest BCUT2D eigenvalue weighted by atomic mass is 32.2. The maximum absolute atomic E-state index is 11.0. The molecule has 2 aromatic rings. The van der Waals surface area contributed by atoms with Crippen LogP contribution in [0.4, 0.5) is 0 Å². The molecule has 0 bridgehead atoms. The fourth-order valence-corrected chi connectivity index (χ4v) is 3.40.